The van der Waals surface area contributed by atoms with Gasteiger partial charge in [0, 0.05) is 0 Å². The Morgan fingerprint density at radius 3 is 1.47 bits per heavy atom. The molecule has 15 heavy (non-hydrogen) atoms. The van der Waals surface area contributed by atoms with Gasteiger partial charge < -0.3 is 16.9 Å². The predicted octanol–water partition coefficient (Wildman–Crippen LogP) is -0.593. The van der Waals surface area contributed by atoms with Crippen LogP contribution in [0.1, 0.15) is 6.92 Å². The lowest BCUT2D eigenvalue weighted by Gasteiger charge is -2.24. The lowest BCUT2D eigenvalue weighted by Crippen LogP contribution is -3.00. The van der Waals surface area contributed by atoms with Crippen molar-refractivity contribution < 1.29 is 16.9 Å². The minimum atomic E-state index is 0. The van der Waals surface area contributed by atoms with E-state index in [-0.39, 0.29) is 12.4 Å². The number of quaternary nitrogens is 1. The number of nitrogens with zero attached hydrogens (tertiary/aromatic N) is 1. The molecule has 0 unspecified atom stereocenters. The van der Waals surface area contributed by atoms with E-state index in [9.17, 15) is 0 Å². The van der Waals surface area contributed by atoms with Crippen LogP contribution in [0.2, 0.25) is 0 Å². The first kappa shape index (κ1) is 16.5. The molecule has 0 amide bonds. The number of hydrogen-bond donors (Lipinski definition) is 0. The molecule has 0 saturated heterocycles. The minimum absolute atomic E-state index is 0. The van der Waals surface area contributed by atoms with E-state index in [0.29, 0.717) is 0 Å². The van der Waals surface area contributed by atoms with Crippen LogP contribution in [0.4, 0.5) is 0 Å². The second kappa shape index (κ2) is 9.58. The van der Waals surface area contributed by atoms with Crippen molar-refractivity contribution in [2.45, 2.75) is 6.92 Å². The highest BCUT2D eigenvalue weighted by Crippen LogP contribution is 1.91. The number of benzene rings is 1. The van der Waals surface area contributed by atoms with Crippen LogP contribution in [0, 0.1) is 12.3 Å². The average Bonchev–Trinajstić information content (AvgIpc) is 2.21. The smallest absolute Gasteiger partial charge is 0.140 e. The van der Waals surface area contributed by atoms with Crippen molar-refractivity contribution in [1.82, 2.24) is 0 Å². The average molecular weight is 226 g/mol. The van der Waals surface area contributed by atoms with Crippen LogP contribution >= 0.6 is 0 Å². The van der Waals surface area contributed by atoms with Gasteiger partial charge in [0.15, 0.2) is 0 Å². The third kappa shape index (κ3) is 11.0. The molecule has 0 spiro atoms. The summed E-state index contributed by atoms with van der Waals surface area (Å²) < 4.78 is 0.927. The van der Waals surface area contributed by atoms with Crippen LogP contribution in [0.5, 0.6) is 0 Å². The summed E-state index contributed by atoms with van der Waals surface area (Å²) in [5, 5.41) is 0. The first-order valence-corrected chi connectivity index (χ1v) is 4.88. The van der Waals surface area contributed by atoms with Gasteiger partial charge in [0.05, 0.1) is 20.6 Å². The topological polar surface area (TPSA) is 0 Å². The SMILES string of the molecule is C#CC[N+](C)(C)CC.[Cl-].c1ccccc1. The summed E-state index contributed by atoms with van der Waals surface area (Å²) in [6, 6.07) is 12.0. The zero-order valence-corrected chi connectivity index (χ0v) is 10.5. The molecule has 1 aromatic carbocycles. The zero-order valence-electron chi connectivity index (χ0n) is 9.78. The predicted molar refractivity (Wildman–Crippen MR) is 62.8 cm³/mol. The Bertz CT molecular complexity index is 235. The molecule has 0 N–H and O–H groups in total. The lowest BCUT2D eigenvalue weighted by atomic mass is 10.4. The molecule has 0 aliphatic carbocycles. The van der Waals surface area contributed by atoms with E-state index in [0.717, 1.165) is 17.6 Å². The highest BCUT2D eigenvalue weighted by Gasteiger charge is 2.06. The van der Waals surface area contributed by atoms with Crippen molar-refractivity contribution in [2.75, 3.05) is 27.2 Å². The zero-order chi connectivity index (χ0) is 10.9. The Balaban J connectivity index is 0. The number of halogens is 1. The molecule has 2 heteroatoms. The Labute approximate surface area is 100 Å². The van der Waals surface area contributed by atoms with Gasteiger partial charge in [-0.2, -0.15) is 0 Å². The van der Waals surface area contributed by atoms with Gasteiger partial charge in [-0.15, -0.1) is 6.42 Å². The Morgan fingerprint density at radius 1 is 1.00 bits per heavy atom. The summed E-state index contributed by atoms with van der Waals surface area (Å²) >= 11 is 0. The second-order valence-corrected chi connectivity index (χ2v) is 3.77. The van der Waals surface area contributed by atoms with Gasteiger partial charge in [-0.05, 0) is 12.8 Å². The van der Waals surface area contributed by atoms with E-state index in [1.807, 2.05) is 36.4 Å². The molecule has 0 aromatic heterocycles. The Hall–Kier alpha value is -0.970. The van der Waals surface area contributed by atoms with E-state index in [4.69, 9.17) is 6.42 Å². The fraction of sp³-hybridized carbons (Fsp3) is 0.385. The quantitative estimate of drug-likeness (QED) is 0.466. The fourth-order valence-electron chi connectivity index (χ4n) is 0.744. The van der Waals surface area contributed by atoms with Gasteiger partial charge in [0.2, 0.25) is 0 Å². The fourth-order valence-corrected chi connectivity index (χ4v) is 0.744. The maximum Gasteiger partial charge on any atom is 0.140 e. The van der Waals surface area contributed by atoms with Crippen molar-refractivity contribution in [3.8, 4) is 12.3 Å². The van der Waals surface area contributed by atoms with Crippen LogP contribution in [-0.4, -0.2) is 31.7 Å². The van der Waals surface area contributed by atoms with E-state index >= 15 is 0 Å². The largest absolute Gasteiger partial charge is 1.00 e. The molecule has 0 aliphatic rings. The van der Waals surface area contributed by atoms with E-state index in [1.165, 1.54) is 0 Å². The molecule has 84 valence electrons. The maximum atomic E-state index is 5.12. The first-order chi connectivity index (χ1) is 6.62. The van der Waals surface area contributed by atoms with Crippen molar-refractivity contribution in [3.63, 3.8) is 0 Å². The van der Waals surface area contributed by atoms with Crippen LogP contribution in [0.25, 0.3) is 0 Å². The first-order valence-electron chi connectivity index (χ1n) is 4.88. The van der Waals surface area contributed by atoms with E-state index < -0.39 is 0 Å². The number of hydrogen-bond acceptors (Lipinski definition) is 0. The monoisotopic (exact) mass is 225 g/mol. The van der Waals surface area contributed by atoms with Gasteiger partial charge in [0.25, 0.3) is 0 Å². The van der Waals surface area contributed by atoms with Crippen LogP contribution in [0.3, 0.4) is 0 Å². The minimum Gasteiger partial charge on any atom is -1.00 e. The summed E-state index contributed by atoms with van der Waals surface area (Å²) in [7, 11) is 4.25. The summed E-state index contributed by atoms with van der Waals surface area (Å²) in [4.78, 5) is 0. The molecule has 0 aliphatic heterocycles. The number of terminal acetylenes is 1. The van der Waals surface area contributed by atoms with Gasteiger partial charge >= 0.3 is 0 Å². The Morgan fingerprint density at radius 2 is 1.33 bits per heavy atom. The third-order valence-electron chi connectivity index (χ3n) is 2.04. The van der Waals surface area contributed by atoms with Crippen molar-refractivity contribution in [2.24, 2.45) is 0 Å². The van der Waals surface area contributed by atoms with E-state index in [2.05, 4.69) is 26.9 Å². The normalized spacial score (nSPS) is 8.93. The molecular weight excluding hydrogens is 206 g/mol. The van der Waals surface area contributed by atoms with Crippen LogP contribution in [0.15, 0.2) is 36.4 Å². The summed E-state index contributed by atoms with van der Waals surface area (Å²) in [5.74, 6) is 2.63. The van der Waals surface area contributed by atoms with Crippen molar-refractivity contribution >= 4 is 0 Å². The Kier molecular flexibility index (Phi) is 10.5. The highest BCUT2D eigenvalue weighted by molar-refractivity contribution is 4.99. The third-order valence-corrected chi connectivity index (χ3v) is 2.04. The maximum absolute atomic E-state index is 5.12. The molecule has 0 radical (unpaired) electrons. The molecule has 0 heterocycles. The summed E-state index contributed by atoms with van der Waals surface area (Å²) in [6.45, 7) is 4.07. The van der Waals surface area contributed by atoms with Crippen molar-refractivity contribution in [3.05, 3.63) is 36.4 Å². The molecule has 0 bridgehead atoms. The van der Waals surface area contributed by atoms with Gasteiger partial charge in [0.1, 0.15) is 6.54 Å². The number of rotatable bonds is 2. The molecule has 1 rings (SSSR count). The molecule has 0 fully saturated rings. The van der Waals surface area contributed by atoms with E-state index in [1.54, 1.807) is 0 Å². The second-order valence-electron chi connectivity index (χ2n) is 3.77. The summed E-state index contributed by atoms with van der Waals surface area (Å²) in [5.41, 5.74) is 0. The molecular formula is C13H20ClN. The highest BCUT2D eigenvalue weighted by atomic mass is 35.5. The molecule has 1 aromatic rings. The van der Waals surface area contributed by atoms with Gasteiger partial charge in [-0.25, -0.2) is 0 Å². The molecule has 0 saturated carbocycles. The van der Waals surface area contributed by atoms with Crippen LogP contribution in [-0.2, 0) is 0 Å². The lowest BCUT2D eigenvalue weighted by molar-refractivity contribution is -0.881. The standard InChI is InChI=1S/C7H14N.C6H6.ClH/c1-5-7-8(3,4)6-2;1-2-4-6-5-3-1;/h1H,6-7H2,2-4H3;1-6H;1H/q+1;;/p-1. The van der Waals surface area contributed by atoms with Crippen LogP contribution < -0.4 is 12.4 Å². The molecule has 1 nitrogen and oxygen atoms in total. The van der Waals surface area contributed by atoms with Crippen molar-refractivity contribution in [1.29, 1.82) is 0 Å². The molecule has 0 atom stereocenters. The van der Waals surface area contributed by atoms with Gasteiger partial charge in [-0.3, -0.25) is 0 Å². The van der Waals surface area contributed by atoms with Gasteiger partial charge in [-0.1, -0.05) is 36.4 Å². The summed E-state index contributed by atoms with van der Waals surface area (Å²) in [6.07, 6.45) is 5.12.